The molecule has 0 heterocycles. The summed E-state index contributed by atoms with van der Waals surface area (Å²) in [6, 6.07) is 8.53. The maximum Gasteiger partial charge on any atom is 0.0409 e. The zero-order valence-electron chi connectivity index (χ0n) is 10.5. The zero-order valence-corrected chi connectivity index (χ0v) is 12.9. The van der Waals surface area contributed by atoms with Crippen molar-refractivity contribution in [1.82, 2.24) is 0 Å². The number of rotatable bonds is 3. The topological polar surface area (TPSA) is 0 Å². The Morgan fingerprint density at radius 2 is 2.00 bits per heavy atom. The standard InChI is InChI=1S/C15H20BrCl/c1-15(2)9-3-4-13(15)14(17)10-11-5-7-12(16)8-6-11/h5-8,13-14H,3-4,9-10H2,1-2H3. The lowest BCUT2D eigenvalue weighted by molar-refractivity contribution is 0.250. The predicted molar refractivity (Wildman–Crippen MR) is 78.6 cm³/mol. The highest BCUT2D eigenvalue weighted by Gasteiger charge is 2.38. The lowest BCUT2D eigenvalue weighted by atomic mass is 9.78. The molecule has 2 atom stereocenters. The van der Waals surface area contributed by atoms with Crippen molar-refractivity contribution < 1.29 is 0 Å². The zero-order chi connectivity index (χ0) is 12.5. The number of hydrogen-bond donors (Lipinski definition) is 0. The average Bonchev–Trinajstić information content (AvgIpc) is 2.61. The molecule has 1 aliphatic carbocycles. The Bertz CT molecular complexity index is 369. The summed E-state index contributed by atoms with van der Waals surface area (Å²) >= 11 is 10.1. The Balaban J connectivity index is 2.01. The summed E-state index contributed by atoms with van der Waals surface area (Å²) in [5.41, 5.74) is 1.76. The van der Waals surface area contributed by atoms with Crippen molar-refractivity contribution in [3.8, 4) is 0 Å². The van der Waals surface area contributed by atoms with Gasteiger partial charge in [0.15, 0.2) is 0 Å². The van der Waals surface area contributed by atoms with Gasteiger partial charge in [-0.25, -0.2) is 0 Å². The van der Waals surface area contributed by atoms with Crippen LogP contribution in [0.5, 0.6) is 0 Å². The van der Waals surface area contributed by atoms with Gasteiger partial charge in [0.1, 0.15) is 0 Å². The quantitative estimate of drug-likeness (QED) is 0.653. The largest absolute Gasteiger partial charge is 0.122 e. The van der Waals surface area contributed by atoms with Crippen LogP contribution in [0.15, 0.2) is 28.7 Å². The van der Waals surface area contributed by atoms with Crippen LogP contribution >= 0.6 is 27.5 Å². The number of alkyl halides is 1. The first kappa shape index (κ1) is 13.4. The molecule has 2 unspecified atom stereocenters. The number of benzene rings is 1. The fourth-order valence-electron chi connectivity index (χ4n) is 3.01. The van der Waals surface area contributed by atoms with E-state index in [9.17, 15) is 0 Å². The van der Waals surface area contributed by atoms with E-state index < -0.39 is 0 Å². The highest BCUT2D eigenvalue weighted by molar-refractivity contribution is 9.10. The maximum absolute atomic E-state index is 6.63. The molecule has 0 amide bonds. The van der Waals surface area contributed by atoms with Gasteiger partial charge in [-0.2, -0.15) is 0 Å². The van der Waals surface area contributed by atoms with Crippen molar-refractivity contribution >= 4 is 27.5 Å². The monoisotopic (exact) mass is 314 g/mol. The Morgan fingerprint density at radius 3 is 2.53 bits per heavy atom. The Kier molecular flexibility index (Phi) is 4.20. The SMILES string of the molecule is CC1(C)CCCC1C(Cl)Cc1ccc(Br)cc1. The average molecular weight is 316 g/mol. The van der Waals surface area contributed by atoms with Gasteiger partial charge in [0.2, 0.25) is 0 Å². The fourth-order valence-corrected chi connectivity index (χ4v) is 3.92. The van der Waals surface area contributed by atoms with Crippen LogP contribution in [0.4, 0.5) is 0 Å². The van der Waals surface area contributed by atoms with E-state index >= 15 is 0 Å². The van der Waals surface area contributed by atoms with Crippen molar-refractivity contribution in [3.05, 3.63) is 34.3 Å². The van der Waals surface area contributed by atoms with E-state index in [4.69, 9.17) is 11.6 Å². The van der Waals surface area contributed by atoms with Crippen LogP contribution in [0.2, 0.25) is 0 Å². The smallest absolute Gasteiger partial charge is 0.0409 e. The first-order valence-electron chi connectivity index (χ1n) is 6.37. The Hall–Kier alpha value is -0.0100. The predicted octanol–water partition coefficient (Wildman–Crippen LogP) is 5.43. The molecule has 2 heteroatoms. The molecule has 0 radical (unpaired) electrons. The molecule has 0 bridgehead atoms. The Morgan fingerprint density at radius 1 is 1.35 bits per heavy atom. The minimum Gasteiger partial charge on any atom is -0.122 e. The van der Waals surface area contributed by atoms with Gasteiger partial charge in [0.05, 0.1) is 0 Å². The van der Waals surface area contributed by atoms with Gasteiger partial charge < -0.3 is 0 Å². The van der Waals surface area contributed by atoms with Crippen molar-refractivity contribution in [3.63, 3.8) is 0 Å². The van der Waals surface area contributed by atoms with Crippen LogP contribution in [0, 0.1) is 11.3 Å². The molecule has 1 aliphatic rings. The van der Waals surface area contributed by atoms with Crippen LogP contribution in [-0.2, 0) is 6.42 Å². The number of halogens is 2. The molecule has 1 fully saturated rings. The van der Waals surface area contributed by atoms with Crippen LogP contribution < -0.4 is 0 Å². The highest BCUT2D eigenvalue weighted by atomic mass is 79.9. The first-order valence-corrected chi connectivity index (χ1v) is 7.60. The third kappa shape index (κ3) is 3.26. The fraction of sp³-hybridized carbons (Fsp3) is 0.600. The molecule has 1 aromatic carbocycles. The second kappa shape index (κ2) is 5.32. The molecule has 0 saturated heterocycles. The van der Waals surface area contributed by atoms with Crippen LogP contribution in [0.1, 0.15) is 38.7 Å². The van der Waals surface area contributed by atoms with Gasteiger partial charge in [-0.1, -0.05) is 48.3 Å². The molecule has 0 aromatic heterocycles. The maximum atomic E-state index is 6.63. The second-order valence-electron chi connectivity index (χ2n) is 5.83. The van der Waals surface area contributed by atoms with Crippen molar-refractivity contribution in [1.29, 1.82) is 0 Å². The van der Waals surface area contributed by atoms with Crippen LogP contribution in [-0.4, -0.2) is 5.38 Å². The van der Waals surface area contributed by atoms with Gasteiger partial charge in [0.25, 0.3) is 0 Å². The van der Waals surface area contributed by atoms with Crippen LogP contribution in [0.3, 0.4) is 0 Å². The summed E-state index contributed by atoms with van der Waals surface area (Å²) in [7, 11) is 0. The molecule has 1 saturated carbocycles. The molecule has 0 spiro atoms. The summed E-state index contributed by atoms with van der Waals surface area (Å²) < 4.78 is 1.13. The van der Waals surface area contributed by atoms with Crippen LogP contribution in [0.25, 0.3) is 0 Å². The van der Waals surface area contributed by atoms with Gasteiger partial charge in [-0.3, -0.25) is 0 Å². The van der Waals surface area contributed by atoms with Crippen molar-refractivity contribution in [2.75, 3.05) is 0 Å². The third-order valence-corrected chi connectivity index (χ3v) is 5.11. The van der Waals surface area contributed by atoms with E-state index in [0.29, 0.717) is 11.3 Å². The van der Waals surface area contributed by atoms with Crippen molar-refractivity contribution in [2.45, 2.75) is 44.9 Å². The van der Waals surface area contributed by atoms with E-state index in [2.05, 4.69) is 54.0 Å². The van der Waals surface area contributed by atoms with Gasteiger partial charge in [-0.05, 0) is 48.3 Å². The third-order valence-electron chi connectivity index (χ3n) is 4.12. The number of hydrogen-bond acceptors (Lipinski definition) is 0. The molecular weight excluding hydrogens is 296 g/mol. The van der Waals surface area contributed by atoms with E-state index in [0.717, 1.165) is 10.9 Å². The van der Waals surface area contributed by atoms with E-state index in [1.54, 1.807) is 0 Å². The molecule has 94 valence electrons. The minimum atomic E-state index is 0.272. The Labute approximate surface area is 118 Å². The summed E-state index contributed by atoms with van der Waals surface area (Å²) in [5, 5.41) is 0.272. The molecule has 17 heavy (non-hydrogen) atoms. The second-order valence-corrected chi connectivity index (χ2v) is 7.31. The molecular formula is C15H20BrCl. The van der Waals surface area contributed by atoms with Gasteiger partial charge in [-0.15, -0.1) is 11.6 Å². The molecule has 1 aromatic rings. The molecule has 2 rings (SSSR count). The van der Waals surface area contributed by atoms with E-state index in [1.807, 2.05) is 0 Å². The summed E-state index contributed by atoms with van der Waals surface area (Å²) in [6.07, 6.45) is 4.93. The lowest BCUT2D eigenvalue weighted by Crippen LogP contribution is -2.27. The molecule has 0 nitrogen and oxygen atoms in total. The van der Waals surface area contributed by atoms with Gasteiger partial charge in [0, 0.05) is 9.85 Å². The first-order chi connectivity index (χ1) is 7.99. The lowest BCUT2D eigenvalue weighted by Gasteiger charge is -2.30. The summed E-state index contributed by atoms with van der Waals surface area (Å²) in [5.74, 6) is 0.660. The molecule has 0 aliphatic heterocycles. The minimum absolute atomic E-state index is 0.272. The summed E-state index contributed by atoms with van der Waals surface area (Å²) in [4.78, 5) is 0. The highest BCUT2D eigenvalue weighted by Crippen LogP contribution is 2.46. The summed E-state index contributed by atoms with van der Waals surface area (Å²) in [6.45, 7) is 4.73. The van der Waals surface area contributed by atoms with Gasteiger partial charge >= 0.3 is 0 Å². The van der Waals surface area contributed by atoms with E-state index in [-0.39, 0.29) is 5.38 Å². The molecule has 0 N–H and O–H groups in total. The van der Waals surface area contributed by atoms with E-state index in [1.165, 1.54) is 24.8 Å². The normalized spacial score (nSPS) is 24.8. The van der Waals surface area contributed by atoms with Crippen molar-refractivity contribution in [2.24, 2.45) is 11.3 Å².